The summed E-state index contributed by atoms with van der Waals surface area (Å²) in [5.41, 5.74) is 0.804. The van der Waals surface area contributed by atoms with Crippen LogP contribution in [0.1, 0.15) is 39.3 Å². The van der Waals surface area contributed by atoms with Gasteiger partial charge in [-0.15, -0.1) is 0 Å². The lowest BCUT2D eigenvalue weighted by atomic mass is 10.1. The van der Waals surface area contributed by atoms with Crippen LogP contribution in [0.4, 0.5) is 5.82 Å². The Balaban J connectivity index is 2.47. The quantitative estimate of drug-likeness (QED) is 0.772. The van der Waals surface area contributed by atoms with Crippen LogP contribution in [-0.4, -0.2) is 18.1 Å². The van der Waals surface area contributed by atoms with E-state index in [2.05, 4.69) is 24.1 Å². The van der Waals surface area contributed by atoms with E-state index in [-0.39, 0.29) is 0 Å². The molecule has 0 aromatic carbocycles. The molecule has 0 saturated heterocycles. The normalized spacial score (nSPS) is 12.4. The summed E-state index contributed by atoms with van der Waals surface area (Å²) in [4.78, 5) is 4.44. The van der Waals surface area contributed by atoms with Crippen LogP contribution in [0, 0.1) is 5.92 Å². The van der Waals surface area contributed by atoms with E-state index in [1.807, 2.05) is 19.1 Å². The van der Waals surface area contributed by atoms with E-state index in [1.165, 1.54) is 12.8 Å². The molecule has 1 rings (SSSR count). The van der Waals surface area contributed by atoms with Crippen molar-refractivity contribution in [1.29, 1.82) is 0 Å². The molecule has 0 aliphatic carbocycles. The number of hydrogen-bond acceptors (Lipinski definition) is 3. The van der Waals surface area contributed by atoms with Gasteiger partial charge in [0.25, 0.3) is 0 Å². The zero-order valence-electron chi connectivity index (χ0n) is 11.5. The third kappa shape index (κ3) is 5.23. The number of nitrogens with zero attached hydrogens (tertiary/aromatic N) is 1. The molecule has 1 unspecified atom stereocenters. The molecule has 1 atom stereocenters. The molecule has 0 spiro atoms. The molecule has 0 fully saturated rings. The van der Waals surface area contributed by atoms with Gasteiger partial charge in [-0.1, -0.05) is 31.9 Å². The summed E-state index contributed by atoms with van der Waals surface area (Å²) < 4.78 is 5.67. The van der Waals surface area contributed by atoms with E-state index in [4.69, 9.17) is 16.3 Å². The largest absolute Gasteiger partial charge is 0.375 e. The molecule has 0 radical (unpaired) electrons. The van der Waals surface area contributed by atoms with Crippen molar-refractivity contribution in [3.8, 4) is 0 Å². The Morgan fingerprint density at radius 3 is 2.83 bits per heavy atom. The second kappa shape index (κ2) is 8.33. The number of anilines is 1. The van der Waals surface area contributed by atoms with E-state index in [0.29, 0.717) is 17.5 Å². The second-order valence-corrected chi connectivity index (χ2v) is 4.97. The molecule has 1 aromatic heterocycles. The van der Waals surface area contributed by atoms with Crippen LogP contribution in [0.5, 0.6) is 0 Å². The number of aromatic nitrogens is 1. The van der Waals surface area contributed by atoms with Gasteiger partial charge in [0.05, 0.1) is 17.3 Å². The maximum Gasteiger partial charge on any atom is 0.126 e. The molecule has 0 aliphatic heterocycles. The molecular weight excluding hydrogens is 248 g/mol. The van der Waals surface area contributed by atoms with Crippen molar-refractivity contribution >= 4 is 17.4 Å². The standard InChI is InChI=1S/C14H23ClN2O/c1-4-6-11(3)9-18-10-13-12(15)7-8-14(17-13)16-5-2/h7-8,11H,4-6,9-10H2,1-3H3,(H,16,17). The Morgan fingerprint density at radius 2 is 2.17 bits per heavy atom. The van der Waals surface area contributed by atoms with Gasteiger partial charge in [-0.2, -0.15) is 0 Å². The van der Waals surface area contributed by atoms with Crippen molar-refractivity contribution in [2.24, 2.45) is 5.92 Å². The first-order chi connectivity index (χ1) is 8.67. The highest BCUT2D eigenvalue weighted by Gasteiger charge is 2.06. The van der Waals surface area contributed by atoms with Gasteiger partial charge < -0.3 is 10.1 Å². The second-order valence-electron chi connectivity index (χ2n) is 4.56. The Bertz CT molecular complexity index is 358. The fourth-order valence-electron chi connectivity index (χ4n) is 1.80. The molecule has 102 valence electrons. The van der Waals surface area contributed by atoms with Crippen molar-refractivity contribution < 1.29 is 4.74 Å². The van der Waals surface area contributed by atoms with Crippen molar-refractivity contribution in [3.05, 3.63) is 22.8 Å². The third-order valence-corrected chi connectivity index (χ3v) is 3.04. The smallest absolute Gasteiger partial charge is 0.126 e. The number of rotatable bonds is 8. The van der Waals surface area contributed by atoms with Crippen LogP contribution in [-0.2, 0) is 11.3 Å². The lowest BCUT2D eigenvalue weighted by Gasteiger charge is -2.12. The molecule has 18 heavy (non-hydrogen) atoms. The highest BCUT2D eigenvalue weighted by molar-refractivity contribution is 6.31. The maximum atomic E-state index is 6.10. The molecule has 3 nitrogen and oxygen atoms in total. The average molecular weight is 271 g/mol. The van der Waals surface area contributed by atoms with Crippen LogP contribution in [0.15, 0.2) is 12.1 Å². The number of pyridine rings is 1. The van der Waals surface area contributed by atoms with E-state index in [9.17, 15) is 0 Å². The summed E-state index contributed by atoms with van der Waals surface area (Å²) in [6.07, 6.45) is 2.39. The zero-order valence-corrected chi connectivity index (χ0v) is 12.3. The third-order valence-electron chi connectivity index (χ3n) is 2.70. The van der Waals surface area contributed by atoms with E-state index in [0.717, 1.165) is 24.7 Å². The van der Waals surface area contributed by atoms with Crippen molar-refractivity contribution in [1.82, 2.24) is 4.98 Å². The summed E-state index contributed by atoms with van der Waals surface area (Å²) in [5, 5.41) is 3.84. The molecule has 1 heterocycles. The predicted molar refractivity (Wildman–Crippen MR) is 77.1 cm³/mol. The van der Waals surface area contributed by atoms with E-state index in [1.54, 1.807) is 0 Å². The highest BCUT2D eigenvalue weighted by Crippen LogP contribution is 2.18. The van der Waals surface area contributed by atoms with Crippen LogP contribution in [0.2, 0.25) is 5.02 Å². The molecule has 4 heteroatoms. The van der Waals surface area contributed by atoms with Crippen molar-refractivity contribution in [3.63, 3.8) is 0 Å². The monoisotopic (exact) mass is 270 g/mol. The molecular formula is C14H23ClN2O. The Hall–Kier alpha value is -0.800. The number of ether oxygens (including phenoxy) is 1. The number of nitrogens with one attached hydrogen (secondary N) is 1. The minimum atomic E-state index is 0.478. The van der Waals surface area contributed by atoms with Crippen molar-refractivity contribution in [2.75, 3.05) is 18.5 Å². The first-order valence-electron chi connectivity index (χ1n) is 6.64. The molecule has 1 aromatic rings. The lowest BCUT2D eigenvalue weighted by Crippen LogP contribution is -2.08. The van der Waals surface area contributed by atoms with Gasteiger partial charge >= 0.3 is 0 Å². The summed E-state index contributed by atoms with van der Waals surface area (Å²) in [5.74, 6) is 1.44. The van der Waals surface area contributed by atoms with Crippen LogP contribution >= 0.6 is 11.6 Å². The Labute approximate surface area is 115 Å². The predicted octanol–water partition coefficient (Wildman–Crippen LogP) is 4.12. The topological polar surface area (TPSA) is 34.1 Å². The Kier molecular flexibility index (Phi) is 7.06. The molecule has 0 aliphatic rings. The van der Waals surface area contributed by atoms with E-state index < -0.39 is 0 Å². The summed E-state index contributed by atoms with van der Waals surface area (Å²) in [7, 11) is 0. The van der Waals surface area contributed by atoms with Crippen LogP contribution < -0.4 is 5.32 Å². The Morgan fingerprint density at radius 1 is 1.39 bits per heavy atom. The highest BCUT2D eigenvalue weighted by atomic mass is 35.5. The minimum absolute atomic E-state index is 0.478. The SMILES string of the molecule is CCCC(C)COCc1nc(NCC)ccc1Cl. The first kappa shape index (κ1) is 15.3. The molecule has 0 bridgehead atoms. The molecule has 1 N–H and O–H groups in total. The fraction of sp³-hybridized carbons (Fsp3) is 0.643. The summed E-state index contributed by atoms with van der Waals surface area (Å²) in [6, 6.07) is 3.75. The van der Waals surface area contributed by atoms with Crippen LogP contribution in [0.25, 0.3) is 0 Å². The van der Waals surface area contributed by atoms with Gasteiger partial charge in [0, 0.05) is 13.2 Å². The molecule has 0 amide bonds. The zero-order chi connectivity index (χ0) is 13.4. The van der Waals surface area contributed by atoms with Gasteiger partial charge in [0.15, 0.2) is 0 Å². The van der Waals surface area contributed by atoms with Crippen molar-refractivity contribution in [2.45, 2.75) is 40.2 Å². The lowest BCUT2D eigenvalue weighted by molar-refractivity contribution is 0.0873. The fourth-order valence-corrected chi connectivity index (χ4v) is 1.96. The van der Waals surface area contributed by atoms with Gasteiger partial charge in [-0.3, -0.25) is 0 Å². The number of hydrogen-bond donors (Lipinski definition) is 1. The summed E-state index contributed by atoms with van der Waals surface area (Å²) in [6.45, 7) is 8.52. The van der Waals surface area contributed by atoms with Gasteiger partial charge in [-0.25, -0.2) is 4.98 Å². The van der Waals surface area contributed by atoms with Gasteiger partial charge in [0.1, 0.15) is 5.82 Å². The number of halogens is 1. The minimum Gasteiger partial charge on any atom is -0.375 e. The van der Waals surface area contributed by atoms with Gasteiger partial charge in [-0.05, 0) is 31.4 Å². The average Bonchev–Trinajstić information content (AvgIpc) is 2.34. The molecule has 0 saturated carbocycles. The van der Waals surface area contributed by atoms with Gasteiger partial charge in [0.2, 0.25) is 0 Å². The van der Waals surface area contributed by atoms with E-state index >= 15 is 0 Å². The van der Waals surface area contributed by atoms with Crippen LogP contribution in [0.3, 0.4) is 0 Å². The maximum absolute atomic E-state index is 6.10. The summed E-state index contributed by atoms with van der Waals surface area (Å²) >= 11 is 6.10. The first-order valence-corrected chi connectivity index (χ1v) is 7.02.